The Morgan fingerprint density at radius 1 is 1.52 bits per heavy atom. The molecule has 0 unspecified atom stereocenters. The van der Waals surface area contributed by atoms with Crippen LogP contribution in [-0.2, 0) is 4.74 Å². The molecule has 114 valence electrons. The monoisotopic (exact) mass is 307 g/mol. The second kappa shape index (κ2) is 6.01. The first kappa shape index (κ1) is 15.8. The lowest BCUT2D eigenvalue weighted by molar-refractivity contribution is -0.0245. The van der Waals surface area contributed by atoms with Gasteiger partial charge in [0.25, 0.3) is 0 Å². The van der Waals surface area contributed by atoms with Crippen LogP contribution in [0.3, 0.4) is 0 Å². The van der Waals surface area contributed by atoms with Crippen LogP contribution in [0.25, 0.3) is 0 Å². The van der Waals surface area contributed by atoms with E-state index in [1.165, 1.54) is 4.57 Å². The topological polar surface area (TPSA) is 90.4 Å². The molecular formula is C14H21N3O3Si. The molecular weight excluding hydrogens is 286 g/mol. The van der Waals surface area contributed by atoms with Gasteiger partial charge in [0.1, 0.15) is 20.1 Å². The predicted octanol–water partition coefficient (Wildman–Crippen LogP) is 0.724. The Morgan fingerprint density at radius 2 is 2.24 bits per heavy atom. The van der Waals surface area contributed by atoms with Crippen molar-refractivity contribution in [1.82, 2.24) is 9.55 Å². The van der Waals surface area contributed by atoms with Gasteiger partial charge in [-0.05, 0) is 12.8 Å². The third-order valence-electron chi connectivity index (χ3n) is 3.15. The summed E-state index contributed by atoms with van der Waals surface area (Å²) in [6.45, 7) is 6.35. The fraction of sp³-hybridized carbons (Fsp3) is 0.571. The molecule has 1 fully saturated rings. The lowest BCUT2D eigenvalue weighted by atomic mass is 10.2. The molecule has 0 bridgehead atoms. The van der Waals surface area contributed by atoms with Crippen molar-refractivity contribution in [1.29, 1.82) is 0 Å². The molecule has 6 nitrogen and oxygen atoms in total. The summed E-state index contributed by atoms with van der Waals surface area (Å²) in [4.78, 5) is 15.8. The van der Waals surface area contributed by atoms with Gasteiger partial charge in [-0.1, -0.05) is 25.6 Å². The summed E-state index contributed by atoms with van der Waals surface area (Å²) >= 11 is 0. The lowest BCUT2D eigenvalue weighted by Crippen LogP contribution is -2.29. The molecule has 7 heteroatoms. The zero-order chi connectivity index (χ0) is 15.6. The number of hydrogen-bond donors (Lipinski definition) is 2. The number of aromatic nitrogens is 2. The Balaban J connectivity index is 2.35. The Labute approximate surface area is 125 Å². The van der Waals surface area contributed by atoms with Gasteiger partial charge in [-0.3, -0.25) is 4.57 Å². The number of nitrogen functional groups attached to an aromatic ring is 1. The van der Waals surface area contributed by atoms with Gasteiger partial charge in [-0.25, -0.2) is 4.79 Å². The molecule has 1 saturated heterocycles. The van der Waals surface area contributed by atoms with Gasteiger partial charge in [-0.15, -0.1) is 5.54 Å². The van der Waals surface area contributed by atoms with Crippen molar-refractivity contribution in [3.8, 4) is 11.5 Å². The first-order valence-electron chi connectivity index (χ1n) is 6.98. The second-order valence-electron chi connectivity index (χ2n) is 6.20. The summed E-state index contributed by atoms with van der Waals surface area (Å²) in [7, 11) is -1.54. The van der Waals surface area contributed by atoms with Crippen LogP contribution in [0.5, 0.6) is 0 Å². The highest BCUT2D eigenvalue weighted by Gasteiger charge is 2.27. The molecule has 0 radical (unpaired) electrons. The minimum Gasteiger partial charge on any atom is -0.394 e. The van der Waals surface area contributed by atoms with Gasteiger partial charge in [0.2, 0.25) is 0 Å². The average Bonchev–Trinajstić information content (AvgIpc) is 2.85. The molecule has 3 N–H and O–H groups in total. The smallest absolute Gasteiger partial charge is 0.351 e. The molecule has 1 aromatic heterocycles. The zero-order valence-electron chi connectivity index (χ0n) is 12.6. The SMILES string of the molecule is C[Si](C)(C)C#Cc1cn([C@H]2CC[C@@H](CO)O2)c(=O)nc1N. The first-order chi connectivity index (χ1) is 9.80. The van der Waals surface area contributed by atoms with Crippen LogP contribution >= 0.6 is 0 Å². The molecule has 0 spiro atoms. The van der Waals surface area contributed by atoms with Crippen LogP contribution in [0.2, 0.25) is 19.6 Å². The van der Waals surface area contributed by atoms with E-state index in [1.54, 1.807) is 6.20 Å². The van der Waals surface area contributed by atoms with E-state index in [2.05, 4.69) is 36.1 Å². The van der Waals surface area contributed by atoms with Gasteiger partial charge in [-0.2, -0.15) is 4.98 Å². The zero-order valence-corrected chi connectivity index (χ0v) is 13.6. The van der Waals surface area contributed by atoms with Crippen molar-refractivity contribution in [2.75, 3.05) is 12.3 Å². The highest BCUT2D eigenvalue weighted by molar-refractivity contribution is 6.83. The van der Waals surface area contributed by atoms with Crippen molar-refractivity contribution in [3.63, 3.8) is 0 Å². The number of aliphatic hydroxyl groups is 1. The second-order valence-corrected chi connectivity index (χ2v) is 11.0. The number of anilines is 1. The van der Waals surface area contributed by atoms with Crippen LogP contribution in [0, 0.1) is 11.5 Å². The first-order valence-corrected chi connectivity index (χ1v) is 10.5. The van der Waals surface area contributed by atoms with E-state index < -0.39 is 20.0 Å². The van der Waals surface area contributed by atoms with E-state index in [1.807, 2.05) is 0 Å². The van der Waals surface area contributed by atoms with Gasteiger partial charge in [0.15, 0.2) is 0 Å². The van der Waals surface area contributed by atoms with E-state index in [-0.39, 0.29) is 18.5 Å². The highest BCUT2D eigenvalue weighted by atomic mass is 28.3. The third kappa shape index (κ3) is 3.94. The minimum absolute atomic E-state index is 0.0457. The molecule has 0 aromatic carbocycles. The molecule has 0 aliphatic carbocycles. The molecule has 2 rings (SSSR count). The molecule has 0 saturated carbocycles. The highest BCUT2D eigenvalue weighted by Crippen LogP contribution is 2.27. The number of ether oxygens (including phenoxy) is 1. The third-order valence-corrected chi connectivity index (χ3v) is 4.03. The summed E-state index contributed by atoms with van der Waals surface area (Å²) < 4.78 is 7.03. The van der Waals surface area contributed by atoms with Crippen molar-refractivity contribution in [2.45, 2.75) is 44.8 Å². The van der Waals surface area contributed by atoms with Gasteiger partial charge in [0.05, 0.1) is 18.3 Å². The number of rotatable bonds is 2. The van der Waals surface area contributed by atoms with Crippen molar-refractivity contribution < 1.29 is 9.84 Å². The van der Waals surface area contributed by atoms with Crippen LogP contribution in [-0.4, -0.2) is 35.4 Å². The van der Waals surface area contributed by atoms with Gasteiger partial charge in [0, 0.05) is 6.20 Å². The summed E-state index contributed by atoms with van der Waals surface area (Å²) in [6.07, 6.45) is 2.36. The van der Waals surface area contributed by atoms with Crippen LogP contribution in [0.4, 0.5) is 5.82 Å². The van der Waals surface area contributed by atoms with E-state index in [4.69, 9.17) is 15.6 Å². The predicted molar refractivity (Wildman–Crippen MR) is 83.4 cm³/mol. The summed E-state index contributed by atoms with van der Waals surface area (Å²) in [5.74, 6) is 3.18. The normalized spacial score (nSPS) is 21.9. The largest absolute Gasteiger partial charge is 0.394 e. The summed E-state index contributed by atoms with van der Waals surface area (Å²) in [5, 5.41) is 9.11. The average molecular weight is 307 g/mol. The minimum atomic E-state index is -1.54. The number of nitrogens with two attached hydrogens (primary N) is 1. The molecule has 1 aromatic rings. The lowest BCUT2D eigenvalue weighted by Gasteiger charge is -2.15. The fourth-order valence-electron chi connectivity index (χ4n) is 2.06. The Morgan fingerprint density at radius 3 is 2.81 bits per heavy atom. The van der Waals surface area contributed by atoms with Crippen LogP contribution < -0.4 is 11.4 Å². The van der Waals surface area contributed by atoms with Gasteiger partial charge < -0.3 is 15.6 Å². The van der Waals surface area contributed by atoms with Crippen LogP contribution in [0.15, 0.2) is 11.0 Å². The van der Waals surface area contributed by atoms with E-state index in [0.29, 0.717) is 18.4 Å². The Bertz CT molecular complexity index is 640. The van der Waals surface area contributed by atoms with Crippen molar-refractivity contribution in [3.05, 3.63) is 22.2 Å². The number of aliphatic hydroxyl groups excluding tert-OH is 1. The van der Waals surface area contributed by atoms with Gasteiger partial charge >= 0.3 is 5.69 Å². The maximum Gasteiger partial charge on any atom is 0.351 e. The Kier molecular flexibility index (Phi) is 4.51. The standard InChI is InChI=1S/C14H21N3O3Si/c1-21(2,3)7-6-10-8-17(14(19)16-13(10)15)12-5-4-11(9-18)20-12/h8,11-12,18H,4-5,9H2,1-3H3,(H2,15,16,19)/t11-,12+/m0/s1. The maximum atomic E-state index is 12.0. The van der Waals surface area contributed by atoms with E-state index in [0.717, 1.165) is 0 Å². The fourth-order valence-corrected chi connectivity index (χ4v) is 2.57. The van der Waals surface area contributed by atoms with E-state index >= 15 is 0 Å². The molecule has 0 amide bonds. The summed E-state index contributed by atoms with van der Waals surface area (Å²) in [5.41, 5.74) is 9.09. The Hall–Kier alpha value is -1.62. The maximum absolute atomic E-state index is 12.0. The number of hydrogen-bond acceptors (Lipinski definition) is 5. The molecule has 21 heavy (non-hydrogen) atoms. The number of nitrogens with zero attached hydrogens (tertiary/aromatic N) is 2. The summed E-state index contributed by atoms with van der Waals surface area (Å²) in [6, 6.07) is 0. The molecule has 1 aliphatic rings. The van der Waals surface area contributed by atoms with Crippen molar-refractivity contribution in [2.24, 2.45) is 0 Å². The van der Waals surface area contributed by atoms with Crippen molar-refractivity contribution >= 4 is 13.9 Å². The molecule has 1 aliphatic heterocycles. The quantitative estimate of drug-likeness (QED) is 0.621. The molecule has 2 atom stereocenters. The van der Waals surface area contributed by atoms with E-state index in [9.17, 15) is 4.79 Å². The molecule has 2 heterocycles. The van der Waals surface area contributed by atoms with Crippen LogP contribution in [0.1, 0.15) is 24.6 Å².